The fourth-order valence-corrected chi connectivity index (χ4v) is 5.10. The Kier molecular flexibility index (Phi) is 6.94. The van der Waals surface area contributed by atoms with Gasteiger partial charge in [-0.25, -0.2) is 8.42 Å². The van der Waals surface area contributed by atoms with E-state index in [-0.39, 0.29) is 23.3 Å². The molecule has 144 valence electrons. The van der Waals surface area contributed by atoms with Gasteiger partial charge in [0.1, 0.15) is 5.75 Å². The summed E-state index contributed by atoms with van der Waals surface area (Å²) in [6.07, 6.45) is -0.536. The predicted molar refractivity (Wildman–Crippen MR) is 99.1 cm³/mol. The summed E-state index contributed by atoms with van der Waals surface area (Å²) in [6.45, 7) is 1.50. The Labute approximate surface area is 157 Å². The van der Waals surface area contributed by atoms with Crippen LogP contribution in [0.1, 0.15) is 13.3 Å². The molecule has 2 atom stereocenters. The number of carbonyl (C=O) groups excluding carboxylic acids is 2. The van der Waals surface area contributed by atoms with Gasteiger partial charge in [-0.05, 0) is 37.6 Å². The minimum Gasteiger partial charge on any atom is -0.497 e. The minimum absolute atomic E-state index is 0.0385. The number of methoxy groups -OCH3 is 1. The molecule has 1 saturated heterocycles. The highest BCUT2D eigenvalue weighted by atomic mass is 32.2. The van der Waals surface area contributed by atoms with E-state index in [1.807, 2.05) is 12.1 Å². The normalized spacial score (nSPS) is 19.6. The topological polar surface area (TPSA) is 90.0 Å². The summed E-state index contributed by atoms with van der Waals surface area (Å²) in [5.74, 6) is -0.0430. The molecule has 0 spiro atoms. The molecule has 26 heavy (non-hydrogen) atoms. The van der Waals surface area contributed by atoms with Crippen molar-refractivity contribution in [3.8, 4) is 5.75 Å². The van der Waals surface area contributed by atoms with Crippen LogP contribution in [0.4, 0.5) is 0 Å². The third-order valence-corrected chi connectivity index (χ3v) is 6.91. The van der Waals surface area contributed by atoms with Gasteiger partial charge in [0, 0.05) is 18.0 Å². The van der Waals surface area contributed by atoms with Gasteiger partial charge in [-0.15, -0.1) is 11.8 Å². The Balaban J connectivity index is 1.80. The maximum atomic E-state index is 12.4. The van der Waals surface area contributed by atoms with Gasteiger partial charge in [-0.3, -0.25) is 9.59 Å². The molecule has 0 aromatic heterocycles. The maximum Gasteiger partial charge on any atom is 0.317 e. The molecule has 0 aliphatic carbocycles. The lowest BCUT2D eigenvalue weighted by Gasteiger charge is -2.26. The Bertz CT molecular complexity index is 747. The van der Waals surface area contributed by atoms with E-state index in [0.29, 0.717) is 6.42 Å². The molecular formula is C17H23NO6S2. The first-order valence-electron chi connectivity index (χ1n) is 8.15. The molecule has 1 heterocycles. The number of esters is 1. The molecule has 1 aromatic carbocycles. The number of nitrogens with zero attached hydrogens (tertiary/aromatic N) is 1. The number of rotatable bonds is 7. The van der Waals surface area contributed by atoms with E-state index in [2.05, 4.69) is 0 Å². The second-order valence-corrected chi connectivity index (χ2v) is 9.38. The number of ether oxygens (including phenoxy) is 2. The molecule has 1 fully saturated rings. The largest absolute Gasteiger partial charge is 0.497 e. The van der Waals surface area contributed by atoms with Crippen molar-refractivity contribution in [3.05, 3.63) is 24.3 Å². The van der Waals surface area contributed by atoms with Gasteiger partial charge in [0.2, 0.25) is 0 Å². The van der Waals surface area contributed by atoms with Crippen LogP contribution in [-0.2, 0) is 24.2 Å². The van der Waals surface area contributed by atoms with Crippen LogP contribution in [0.3, 0.4) is 0 Å². The van der Waals surface area contributed by atoms with Crippen molar-refractivity contribution in [2.45, 2.75) is 30.4 Å². The molecule has 0 N–H and O–H groups in total. The summed E-state index contributed by atoms with van der Waals surface area (Å²) in [5.41, 5.74) is 0. The third kappa shape index (κ3) is 5.63. The Morgan fingerprint density at radius 1 is 1.31 bits per heavy atom. The molecule has 1 aromatic rings. The standard InChI is InChI=1S/C17H23NO6S2/c1-12(17(20)18(2)13-8-9-26(21,22)11-13)24-16(19)10-25-15-6-4-14(23-3)5-7-15/h4-7,12-13H,8-11H2,1-3H3/t12-,13-/m1/s1. The lowest BCUT2D eigenvalue weighted by Crippen LogP contribution is -2.44. The van der Waals surface area contributed by atoms with Crippen LogP contribution in [-0.4, -0.2) is 68.8 Å². The van der Waals surface area contributed by atoms with Crippen LogP contribution in [0.15, 0.2) is 29.2 Å². The second-order valence-electron chi connectivity index (χ2n) is 6.10. The van der Waals surface area contributed by atoms with Crippen molar-refractivity contribution < 1.29 is 27.5 Å². The molecule has 7 nitrogen and oxygen atoms in total. The number of hydrogen-bond donors (Lipinski definition) is 0. The number of sulfone groups is 1. The molecule has 9 heteroatoms. The van der Waals surface area contributed by atoms with E-state index in [1.165, 1.54) is 23.6 Å². The number of thioether (sulfide) groups is 1. The van der Waals surface area contributed by atoms with E-state index in [9.17, 15) is 18.0 Å². The zero-order valence-electron chi connectivity index (χ0n) is 15.0. The molecular weight excluding hydrogens is 378 g/mol. The highest BCUT2D eigenvalue weighted by molar-refractivity contribution is 8.00. The van der Waals surface area contributed by atoms with Gasteiger partial charge in [0.05, 0.1) is 24.4 Å². The molecule has 2 rings (SSSR count). The number of benzene rings is 1. The fourth-order valence-electron chi connectivity index (χ4n) is 2.64. The van der Waals surface area contributed by atoms with E-state index in [0.717, 1.165) is 10.6 Å². The van der Waals surface area contributed by atoms with Gasteiger partial charge < -0.3 is 14.4 Å². The molecule has 0 radical (unpaired) electrons. The number of amides is 1. The average molecular weight is 402 g/mol. The molecule has 0 bridgehead atoms. The van der Waals surface area contributed by atoms with Crippen LogP contribution in [0.2, 0.25) is 0 Å². The first kappa shape index (κ1) is 20.6. The van der Waals surface area contributed by atoms with Crippen molar-refractivity contribution in [1.82, 2.24) is 4.90 Å². The van der Waals surface area contributed by atoms with Gasteiger partial charge in [-0.1, -0.05) is 0 Å². The van der Waals surface area contributed by atoms with E-state index >= 15 is 0 Å². The Hall–Kier alpha value is -1.74. The van der Waals surface area contributed by atoms with Crippen molar-refractivity contribution in [2.24, 2.45) is 0 Å². The van der Waals surface area contributed by atoms with Crippen LogP contribution >= 0.6 is 11.8 Å². The van der Waals surface area contributed by atoms with Crippen LogP contribution < -0.4 is 4.74 Å². The molecule has 1 amide bonds. The van der Waals surface area contributed by atoms with Gasteiger partial charge in [0.25, 0.3) is 5.91 Å². The fraction of sp³-hybridized carbons (Fsp3) is 0.529. The van der Waals surface area contributed by atoms with Gasteiger partial charge in [-0.2, -0.15) is 0 Å². The first-order chi connectivity index (χ1) is 12.2. The van der Waals surface area contributed by atoms with Crippen LogP contribution in [0, 0.1) is 0 Å². The molecule has 1 aliphatic rings. The third-order valence-electron chi connectivity index (χ3n) is 4.18. The summed E-state index contributed by atoms with van der Waals surface area (Å²) in [7, 11) is 0.0442. The zero-order chi connectivity index (χ0) is 19.3. The lowest BCUT2D eigenvalue weighted by molar-refractivity contribution is -0.157. The highest BCUT2D eigenvalue weighted by Gasteiger charge is 2.34. The van der Waals surface area contributed by atoms with Crippen LogP contribution in [0.25, 0.3) is 0 Å². The first-order valence-corrected chi connectivity index (χ1v) is 11.0. The second kappa shape index (κ2) is 8.77. The molecule has 1 aliphatic heterocycles. The number of hydrogen-bond acceptors (Lipinski definition) is 7. The summed E-state index contributed by atoms with van der Waals surface area (Å²) >= 11 is 1.30. The minimum atomic E-state index is -3.08. The van der Waals surface area contributed by atoms with Crippen molar-refractivity contribution in [3.63, 3.8) is 0 Å². The van der Waals surface area contributed by atoms with Crippen molar-refractivity contribution in [1.29, 1.82) is 0 Å². The molecule has 0 unspecified atom stereocenters. The zero-order valence-corrected chi connectivity index (χ0v) is 16.6. The smallest absolute Gasteiger partial charge is 0.317 e. The maximum absolute atomic E-state index is 12.4. The summed E-state index contributed by atoms with van der Waals surface area (Å²) < 4.78 is 33.3. The highest BCUT2D eigenvalue weighted by Crippen LogP contribution is 2.22. The van der Waals surface area contributed by atoms with Crippen molar-refractivity contribution >= 4 is 33.5 Å². The van der Waals surface area contributed by atoms with E-state index in [4.69, 9.17) is 9.47 Å². The van der Waals surface area contributed by atoms with Crippen molar-refractivity contribution in [2.75, 3.05) is 31.4 Å². The summed E-state index contributed by atoms with van der Waals surface area (Å²) in [4.78, 5) is 26.6. The SMILES string of the molecule is COc1ccc(SCC(=O)O[C@H](C)C(=O)N(C)[C@@H]2CCS(=O)(=O)C2)cc1. The quantitative estimate of drug-likeness (QED) is 0.503. The Morgan fingerprint density at radius 2 is 1.96 bits per heavy atom. The van der Waals surface area contributed by atoms with Crippen LogP contribution in [0.5, 0.6) is 5.75 Å². The Morgan fingerprint density at radius 3 is 2.50 bits per heavy atom. The monoisotopic (exact) mass is 401 g/mol. The lowest BCUT2D eigenvalue weighted by atomic mass is 10.2. The predicted octanol–water partition coefficient (Wildman–Crippen LogP) is 1.36. The summed E-state index contributed by atoms with van der Waals surface area (Å²) in [6, 6.07) is 6.90. The van der Waals surface area contributed by atoms with E-state index < -0.39 is 27.8 Å². The summed E-state index contributed by atoms with van der Waals surface area (Å²) in [5, 5.41) is 0. The van der Waals surface area contributed by atoms with E-state index in [1.54, 1.807) is 26.3 Å². The number of likely N-dealkylation sites (N-methyl/N-ethyl adjacent to an activating group) is 1. The average Bonchev–Trinajstić information content (AvgIpc) is 2.98. The molecule has 0 saturated carbocycles. The van der Waals surface area contributed by atoms with Gasteiger partial charge in [0.15, 0.2) is 15.9 Å². The van der Waals surface area contributed by atoms with Gasteiger partial charge >= 0.3 is 5.97 Å². The number of carbonyl (C=O) groups is 2.